The molecule has 94 valence electrons. The molecule has 0 radical (unpaired) electrons. The van der Waals surface area contributed by atoms with E-state index in [-0.39, 0.29) is 17.0 Å². The van der Waals surface area contributed by atoms with Crippen molar-refractivity contribution in [1.82, 2.24) is 4.98 Å². The molecule has 0 aliphatic carbocycles. The summed E-state index contributed by atoms with van der Waals surface area (Å²) in [5, 5.41) is 0. The molecule has 1 aromatic carbocycles. The van der Waals surface area contributed by atoms with Crippen molar-refractivity contribution in [2.45, 2.75) is 6.92 Å². The first-order valence-corrected chi connectivity index (χ1v) is 5.28. The predicted octanol–water partition coefficient (Wildman–Crippen LogP) is 2.93. The molecule has 18 heavy (non-hydrogen) atoms. The van der Waals surface area contributed by atoms with Crippen molar-refractivity contribution in [2.24, 2.45) is 0 Å². The van der Waals surface area contributed by atoms with Gasteiger partial charge < -0.3 is 10.5 Å². The van der Waals surface area contributed by atoms with Crippen molar-refractivity contribution in [3.05, 3.63) is 41.6 Å². The standard InChI is InChI=1S/C13H12F2N2O/c1-7-3-12(17-6-11(7)16)13-9(14)4-8(18-2)5-10(13)15/h3-6H,16H2,1-2H3. The van der Waals surface area contributed by atoms with Crippen LogP contribution in [0, 0.1) is 18.6 Å². The zero-order chi connectivity index (χ0) is 13.3. The van der Waals surface area contributed by atoms with Gasteiger partial charge in [-0.3, -0.25) is 4.98 Å². The molecule has 1 aromatic heterocycles. The number of rotatable bonds is 2. The smallest absolute Gasteiger partial charge is 0.139 e. The summed E-state index contributed by atoms with van der Waals surface area (Å²) >= 11 is 0. The summed E-state index contributed by atoms with van der Waals surface area (Å²) in [6.07, 6.45) is 1.38. The van der Waals surface area contributed by atoms with E-state index in [4.69, 9.17) is 10.5 Å². The molecule has 0 amide bonds. The normalized spacial score (nSPS) is 10.4. The molecule has 0 unspecified atom stereocenters. The molecule has 0 spiro atoms. The van der Waals surface area contributed by atoms with E-state index in [1.807, 2.05) is 0 Å². The Morgan fingerprint density at radius 1 is 1.17 bits per heavy atom. The predicted molar refractivity (Wildman–Crippen MR) is 65.3 cm³/mol. The maximum absolute atomic E-state index is 13.8. The molecule has 3 nitrogen and oxygen atoms in total. The summed E-state index contributed by atoms with van der Waals surface area (Å²) in [6, 6.07) is 3.78. The van der Waals surface area contributed by atoms with Crippen molar-refractivity contribution in [2.75, 3.05) is 12.8 Å². The van der Waals surface area contributed by atoms with Gasteiger partial charge in [-0.05, 0) is 18.6 Å². The van der Waals surface area contributed by atoms with Crippen molar-refractivity contribution in [1.29, 1.82) is 0 Å². The number of anilines is 1. The van der Waals surface area contributed by atoms with E-state index < -0.39 is 11.6 Å². The molecule has 0 aliphatic heterocycles. The Morgan fingerprint density at radius 2 is 1.78 bits per heavy atom. The Morgan fingerprint density at radius 3 is 2.28 bits per heavy atom. The van der Waals surface area contributed by atoms with Crippen LogP contribution in [0.15, 0.2) is 24.4 Å². The first kappa shape index (κ1) is 12.3. The lowest BCUT2D eigenvalue weighted by Gasteiger charge is -2.08. The maximum atomic E-state index is 13.8. The molecule has 5 heteroatoms. The lowest BCUT2D eigenvalue weighted by Crippen LogP contribution is -1.97. The van der Waals surface area contributed by atoms with Crippen LogP contribution in [-0.4, -0.2) is 12.1 Å². The van der Waals surface area contributed by atoms with Crippen LogP contribution in [0.25, 0.3) is 11.3 Å². The number of nitrogens with zero attached hydrogens (tertiary/aromatic N) is 1. The van der Waals surface area contributed by atoms with E-state index in [9.17, 15) is 8.78 Å². The van der Waals surface area contributed by atoms with Gasteiger partial charge in [-0.1, -0.05) is 0 Å². The van der Waals surface area contributed by atoms with E-state index in [0.29, 0.717) is 5.69 Å². The van der Waals surface area contributed by atoms with Crippen molar-refractivity contribution in [3.8, 4) is 17.0 Å². The third kappa shape index (κ3) is 2.11. The fourth-order valence-corrected chi connectivity index (χ4v) is 1.62. The molecule has 2 rings (SSSR count). The highest BCUT2D eigenvalue weighted by Crippen LogP contribution is 2.29. The molecule has 0 fully saturated rings. The molecule has 0 saturated carbocycles. The van der Waals surface area contributed by atoms with Gasteiger partial charge in [0.1, 0.15) is 17.4 Å². The second-order valence-electron chi connectivity index (χ2n) is 3.89. The zero-order valence-corrected chi connectivity index (χ0v) is 10.00. The molecule has 0 atom stereocenters. The van der Waals surface area contributed by atoms with Crippen LogP contribution in [0.4, 0.5) is 14.5 Å². The number of nitrogen functional groups attached to an aromatic ring is 1. The maximum Gasteiger partial charge on any atom is 0.139 e. The van der Waals surface area contributed by atoms with Crippen molar-refractivity contribution >= 4 is 5.69 Å². The topological polar surface area (TPSA) is 48.1 Å². The number of aryl methyl sites for hydroxylation is 1. The Hall–Kier alpha value is -2.17. The van der Waals surface area contributed by atoms with Crippen LogP contribution in [0.3, 0.4) is 0 Å². The SMILES string of the molecule is COc1cc(F)c(-c2cc(C)c(N)cn2)c(F)c1. The fourth-order valence-electron chi connectivity index (χ4n) is 1.62. The Labute approximate surface area is 103 Å². The number of methoxy groups -OCH3 is 1. The minimum absolute atomic E-state index is 0.126. The van der Waals surface area contributed by atoms with Gasteiger partial charge in [0, 0.05) is 12.1 Å². The first-order valence-electron chi connectivity index (χ1n) is 5.28. The Bertz CT molecular complexity index is 577. The van der Waals surface area contributed by atoms with Crippen molar-refractivity contribution < 1.29 is 13.5 Å². The van der Waals surface area contributed by atoms with Gasteiger partial charge in [0.15, 0.2) is 0 Å². The monoisotopic (exact) mass is 250 g/mol. The molecular formula is C13H12F2N2O. The van der Waals surface area contributed by atoms with Crippen LogP contribution in [-0.2, 0) is 0 Å². The minimum Gasteiger partial charge on any atom is -0.497 e. The second kappa shape index (κ2) is 4.60. The molecule has 2 aromatic rings. The summed E-state index contributed by atoms with van der Waals surface area (Å²) in [6.45, 7) is 1.75. The Balaban J connectivity index is 2.60. The van der Waals surface area contributed by atoms with Gasteiger partial charge in [-0.15, -0.1) is 0 Å². The summed E-state index contributed by atoms with van der Waals surface area (Å²) in [5.41, 5.74) is 6.84. The van der Waals surface area contributed by atoms with Crippen LogP contribution in [0.2, 0.25) is 0 Å². The largest absolute Gasteiger partial charge is 0.497 e. The van der Waals surface area contributed by atoms with Crippen LogP contribution < -0.4 is 10.5 Å². The lowest BCUT2D eigenvalue weighted by molar-refractivity contribution is 0.407. The number of benzene rings is 1. The van der Waals surface area contributed by atoms with Gasteiger partial charge in [-0.25, -0.2) is 8.78 Å². The van der Waals surface area contributed by atoms with Gasteiger partial charge >= 0.3 is 0 Å². The average molecular weight is 250 g/mol. The summed E-state index contributed by atoms with van der Waals surface area (Å²) < 4.78 is 32.4. The minimum atomic E-state index is -0.719. The number of pyridine rings is 1. The number of halogens is 2. The van der Waals surface area contributed by atoms with E-state index >= 15 is 0 Å². The number of nitrogens with two attached hydrogens (primary N) is 1. The molecule has 0 aliphatic rings. The number of ether oxygens (including phenoxy) is 1. The average Bonchev–Trinajstić information content (AvgIpc) is 2.32. The number of aromatic nitrogens is 1. The van der Waals surface area contributed by atoms with Crippen LogP contribution in [0.5, 0.6) is 5.75 Å². The van der Waals surface area contributed by atoms with Gasteiger partial charge in [0.05, 0.1) is 30.3 Å². The quantitative estimate of drug-likeness (QED) is 0.891. The number of hydrogen-bond acceptors (Lipinski definition) is 3. The zero-order valence-electron chi connectivity index (χ0n) is 10.00. The summed E-state index contributed by atoms with van der Waals surface area (Å²) in [4.78, 5) is 3.94. The highest BCUT2D eigenvalue weighted by Gasteiger charge is 2.15. The molecule has 0 bridgehead atoms. The highest BCUT2D eigenvalue weighted by atomic mass is 19.1. The molecular weight excluding hydrogens is 238 g/mol. The van der Waals surface area contributed by atoms with E-state index in [2.05, 4.69) is 4.98 Å². The van der Waals surface area contributed by atoms with Crippen molar-refractivity contribution in [3.63, 3.8) is 0 Å². The van der Waals surface area contributed by atoms with E-state index in [1.165, 1.54) is 13.3 Å². The third-order valence-electron chi connectivity index (χ3n) is 2.66. The number of hydrogen-bond donors (Lipinski definition) is 1. The van der Waals surface area contributed by atoms with E-state index in [0.717, 1.165) is 17.7 Å². The summed E-state index contributed by atoms with van der Waals surface area (Å²) in [7, 11) is 1.35. The molecule has 1 heterocycles. The third-order valence-corrected chi connectivity index (χ3v) is 2.66. The van der Waals surface area contributed by atoms with E-state index in [1.54, 1.807) is 13.0 Å². The first-order chi connectivity index (χ1) is 8.52. The molecule has 2 N–H and O–H groups in total. The van der Waals surface area contributed by atoms with Gasteiger partial charge in [0.25, 0.3) is 0 Å². The fraction of sp³-hybridized carbons (Fsp3) is 0.154. The molecule has 0 saturated heterocycles. The van der Waals surface area contributed by atoms with Gasteiger partial charge in [0.2, 0.25) is 0 Å². The highest BCUT2D eigenvalue weighted by molar-refractivity contribution is 5.65. The lowest BCUT2D eigenvalue weighted by atomic mass is 10.1. The van der Waals surface area contributed by atoms with Gasteiger partial charge in [-0.2, -0.15) is 0 Å². The van der Waals surface area contributed by atoms with Crippen LogP contribution in [0.1, 0.15) is 5.56 Å². The Kier molecular flexibility index (Phi) is 3.14. The van der Waals surface area contributed by atoms with Crippen LogP contribution >= 0.6 is 0 Å². The second-order valence-corrected chi connectivity index (χ2v) is 3.89. The summed E-state index contributed by atoms with van der Waals surface area (Å²) in [5.74, 6) is -1.31.